The molecule has 0 saturated heterocycles. The van der Waals surface area contributed by atoms with Crippen LogP contribution in [0.15, 0.2) is 10.9 Å². The summed E-state index contributed by atoms with van der Waals surface area (Å²) in [6.07, 6.45) is 7.78. The van der Waals surface area contributed by atoms with Gasteiger partial charge in [0.15, 0.2) is 0 Å². The Morgan fingerprint density at radius 3 is 2.57 bits per heavy atom. The molecule has 1 saturated carbocycles. The predicted molar refractivity (Wildman–Crippen MR) is 86.0 cm³/mol. The van der Waals surface area contributed by atoms with Gasteiger partial charge in [0.05, 0.1) is 6.04 Å². The summed E-state index contributed by atoms with van der Waals surface area (Å²) in [4.78, 5) is 38.5. The number of carbonyl (C=O) groups is 2. The van der Waals surface area contributed by atoms with Crippen LogP contribution in [0.2, 0.25) is 0 Å². The van der Waals surface area contributed by atoms with Crippen LogP contribution in [-0.2, 0) is 11.2 Å². The molecule has 1 aromatic rings. The van der Waals surface area contributed by atoms with Gasteiger partial charge in [-0.05, 0) is 43.7 Å². The highest BCUT2D eigenvalue weighted by atomic mass is 16.2. The van der Waals surface area contributed by atoms with Crippen molar-refractivity contribution in [3.63, 3.8) is 0 Å². The van der Waals surface area contributed by atoms with Crippen molar-refractivity contribution < 1.29 is 9.59 Å². The largest absolute Gasteiger partial charge is 0.365 e. The number of hydrogen-bond donors (Lipinski definition) is 3. The van der Waals surface area contributed by atoms with Gasteiger partial charge in [-0.15, -0.1) is 0 Å². The first-order valence-electron chi connectivity index (χ1n) is 8.42. The SMILES string of the molecule is NC(=O)c1cc2c([nH]c1=O)CCC[C@H]2NC(=O)C1CCCCC1. The van der Waals surface area contributed by atoms with E-state index < -0.39 is 11.5 Å². The Balaban J connectivity index is 1.83. The van der Waals surface area contributed by atoms with Gasteiger partial charge in [-0.2, -0.15) is 0 Å². The van der Waals surface area contributed by atoms with Crippen molar-refractivity contribution in [3.05, 3.63) is 33.2 Å². The van der Waals surface area contributed by atoms with Gasteiger partial charge in [-0.25, -0.2) is 0 Å². The lowest BCUT2D eigenvalue weighted by molar-refractivity contribution is -0.126. The summed E-state index contributed by atoms with van der Waals surface area (Å²) in [5.74, 6) is -0.557. The van der Waals surface area contributed by atoms with Gasteiger partial charge in [0, 0.05) is 11.6 Å². The van der Waals surface area contributed by atoms with Crippen molar-refractivity contribution >= 4 is 11.8 Å². The van der Waals surface area contributed by atoms with Crippen LogP contribution in [0.1, 0.15) is 72.6 Å². The summed E-state index contributed by atoms with van der Waals surface area (Å²) in [7, 11) is 0. The third-order valence-corrected chi connectivity index (χ3v) is 5.01. The highest BCUT2D eigenvalue weighted by Gasteiger charge is 2.28. The van der Waals surface area contributed by atoms with E-state index in [-0.39, 0.29) is 23.4 Å². The normalized spacial score (nSPS) is 21.5. The van der Waals surface area contributed by atoms with E-state index in [1.54, 1.807) is 6.07 Å². The summed E-state index contributed by atoms with van der Waals surface area (Å²) in [5, 5.41) is 3.12. The van der Waals surface area contributed by atoms with Crippen molar-refractivity contribution in [2.45, 2.75) is 57.4 Å². The molecule has 0 radical (unpaired) electrons. The van der Waals surface area contributed by atoms with E-state index in [0.29, 0.717) is 0 Å². The molecule has 124 valence electrons. The number of H-pyrrole nitrogens is 1. The van der Waals surface area contributed by atoms with E-state index in [1.165, 1.54) is 6.42 Å². The van der Waals surface area contributed by atoms with Crippen molar-refractivity contribution in [1.29, 1.82) is 0 Å². The molecule has 0 aromatic carbocycles. The fourth-order valence-electron chi connectivity index (χ4n) is 3.73. The number of aryl methyl sites for hydroxylation is 1. The molecule has 6 nitrogen and oxygen atoms in total. The van der Waals surface area contributed by atoms with Crippen LogP contribution < -0.4 is 16.6 Å². The number of primary amides is 1. The average molecular weight is 317 g/mol. The highest BCUT2D eigenvalue weighted by molar-refractivity contribution is 5.92. The number of pyridine rings is 1. The maximum Gasteiger partial charge on any atom is 0.261 e. The van der Waals surface area contributed by atoms with Crippen LogP contribution >= 0.6 is 0 Å². The van der Waals surface area contributed by atoms with Crippen molar-refractivity contribution in [2.24, 2.45) is 11.7 Å². The maximum atomic E-state index is 12.5. The summed E-state index contributed by atoms with van der Waals surface area (Å²) in [6.45, 7) is 0. The predicted octanol–water partition coefficient (Wildman–Crippen LogP) is 1.55. The number of nitrogens with one attached hydrogen (secondary N) is 2. The lowest BCUT2D eigenvalue weighted by atomic mass is 9.86. The van der Waals surface area contributed by atoms with E-state index in [2.05, 4.69) is 10.3 Å². The monoisotopic (exact) mass is 317 g/mol. The minimum Gasteiger partial charge on any atom is -0.365 e. The number of hydrogen-bond acceptors (Lipinski definition) is 3. The third-order valence-electron chi connectivity index (χ3n) is 5.01. The lowest BCUT2D eigenvalue weighted by Crippen LogP contribution is -2.37. The number of nitrogens with two attached hydrogens (primary N) is 1. The Morgan fingerprint density at radius 1 is 1.13 bits per heavy atom. The number of carbonyl (C=O) groups excluding carboxylic acids is 2. The molecule has 0 bridgehead atoms. The van der Waals surface area contributed by atoms with Crippen molar-refractivity contribution in [1.82, 2.24) is 10.3 Å². The molecule has 1 atom stereocenters. The lowest BCUT2D eigenvalue weighted by Gasteiger charge is -2.29. The molecule has 23 heavy (non-hydrogen) atoms. The summed E-state index contributed by atoms with van der Waals surface area (Å²) < 4.78 is 0. The Labute approximate surface area is 134 Å². The standard InChI is InChI=1S/C17H23N3O3/c18-15(21)12-9-11-13(7-4-8-14(11)20-17(12)23)19-16(22)10-5-2-1-3-6-10/h9-10,13H,1-8H2,(H2,18,21)(H,19,22)(H,20,23)/t13-/m1/s1. The first-order valence-corrected chi connectivity index (χ1v) is 8.42. The molecule has 0 unspecified atom stereocenters. The fraction of sp³-hybridized carbons (Fsp3) is 0.588. The van der Waals surface area contributed by atoms with E-state index in [0.717, 1.165) is 56.2 Å². The van der Waals surface area contributed by atoms with E-state index in [9.17, 15) is 14.4 Å². The van der Waals surface area contributed by atoms with Crippen LogP contribution in [0.4, 0.5) is 0 Å². The van der Waals surface area contributed by atoms with Crippen molar-refractivity contribution in [2.75, 3.05) is 0 Å². The zero-order chi connectivity index (χ0) is 16.4. The van der Waals surface area contributed by atoms with Crippen molar-refractivity contribution in [3.8, 4) is 0 Å². The first-order chi connectivity index (χ1) is 11.1. The number of aromatic nitrogens is 1. The molecule has 1 aromatic heterocycles. The van der Waals surface area contributed by atoms with Crippen LogP contribution in [-0.4, -0.2) is 16.8 Å². The zero-order valence-electron chi connectivity index (χ0n) is 13.2. The van der Waals surface area contributed by atoms with E-state index >= 15 is 0 Å². The highest BCUT2D eigenvalue weighted by Crippen LogP contribution is 2.30. The minimum atomic E-state index is -0.739. The van der Waals surface area contributed by atoms with E-state index in [4.69, 9.17) is 5.73 Å². The van der Waals surface area contributed by atoms with Crippen LogP contribution in [0, 0.1) is 5.92 Å². The number of aromatic amines is 1. The quantitative estimate of drug-likeness (QED) is 0.787. The Kier molecular flexibility index (Phi) is 4.50. The number of rotatable bonds is 3. The third kappa shape index (κ3) is 3.30. The molecule has 4 N–H and O–H groups in total. The summed E-state index contributed by atoms with van der Waals surface area (Å²) in [6, 6.07) is 1.41. The summed E-state index contributed by atoms with van der Waals surface area (Å²) in [5.41, 5.74) is 6.41. The summed E-state index contributed by atoms with van der Waals surface area (Å²) >= 11 is 0. The van der Waals surface area contributed by atoms with Gasteiger partial charge < -0.3 is 16.0 Å². The topological polar surface area (TPSA) is 105 Å². The zero-order valence-corrected chi connectivity index (χ0v) is 13.2. The smallest absolute Gasteiger partial charge is 0.261 e. The second kappa shape index (κ2) is 6.56. The second-order valence-corrected chi connectivity index (χ2v) is 6.60. The molecule has 6 heteroatoms. The van der Waals surface area contributed by atoms with Gasteiger partial charge in [-0.1, -0.05) is 19.3 Å². The number of amides is 2. The van der Waals surface area contributed by atoms with Crippen LogP contribution in [0.5, 0.6) is 0 Å². The van der Waals surface area contributed by atoms with Crippen LogP contribution in [0.3, 0.4) is 0 Å². The minimum absolute atomic E-state index is 0.0393. The fourth-order valence-corrected chi connectivity index (χ4v) is 3.73. The Bertz CT molecular complexity index is 674. The number of fused-ring (bicyclic) bond motifs is 1. The maximum absolute atomic E-state index is 12.5. The average Bonchev–Trinajstić information content (AvgIpc) is 2.55. The molecule has 0 spiro atoms. The van der Waals surface area contributed by atoms with Gasteiger partial charge in [-0.3, -0.25) is 14.4 Å². The van der Waals surface area contributed by atoms with Gasteiger partial charge >= 0.3 is 0 Å². The first kappa shape index (κ1) is 15.8. The molecule has 2 aliphatic carbocycles. The second-order valence-electron chi connectivity index (χ2n) is 6.60. The molecule has 0 aliphatic heterocycles. The van der Waals surface area contributed by atoms with Gasteiger partial charge in [0.1, 0.15) is 5.56 Å². The molecule has 1 heterocycles. The molecule has 1 fully saturated rings. The van der Waals surface area contributed by atoms with Crippen LogP contribution in [0.25, 0.3) is 0 Å². The molecule has 2 amide bonds. The van der Waals surface area contributed by atoms with Gasteiger partial charge in [0.2, 0.25) is 5.91 Å². The molecular formula is C17H23N3O3. The molecule has 2 aliphatic rings. The Morgan fingerprint density at radius 2 is 1.87 bits per heavy atom. The molecular weight excluding hydrogens is 294 g/mol. The Hall–Kier alpha value is -2.11. The van der Waals surface area contributed by atoms with E-state index in [1.807, 2.05) is 0 Å². The molecule has 3 rings (SSSR count). The van der Waals surface area contributed by atoms with Gasteiger partial charge in [0.25, 0.3) is 11.5 Å².